The van der Waals surface area contributed by atoms with Gasteiger partial charge in [-0.1, -0.05) is 218 Å². The third kappa shape index (κ3) is 5.04. The Labute approximate surface area is 399 Å². The van der Waals surface area contributed by atoms with Crippen molar-refractivity contribution in [1.82, 2.24) is 19.9 Å². The summed E-state index contributed by atoms with van der Waals surface area (Å²) in [6.07, 6.45) is 0. The Morgan fingerprint density at radius 1 is 0.261 bits per heavy atom. The molecule has 0 saturated carbocycles. The number of hydrogen-bond donors (Lipinski definition) is 1. The van der Waals surface area contributed by atoms with Crippen LogP contribution in [0.5, 0.6) is 0 Å². The SMILES string of the molecule is c1ccc(-c2nc(-c3ccccc3)nc(-c3ccccc3-c3cccc4c3C3(c5ccccc5-4)c4ccccc4C4(c5ccccc5-c5ccccc54)c4cc5[nH]c6ccccc6c5cc43)n2)cc1. The van der Waals surface area contributed by atoms with E-state index in [1.807, 2.05) is 36.4 Å². The molecule has 2 aromatic heterocycles. The summed E-state index contributed by atoms with van der Waals surface area (Å²) < 4.78 is 0. The van der Waals surface area contributed by atoms with E-state index in [1.54, 1.807) is 0 Å². The van der Waals surface area contributed by atoms with Crippen LogP contribution in [0, 0.1) is 0 Å². The molecular weight excluding hydrogens is 837 g/mol. The summed E-state index contributed by atoms with van der Waals surface area (Å²) in [5, 5.41) is 2.43. The molecule has 69 heavy (non-hydrogen) atoms. The molecule has 1 atom stereocenters. The molecule has 3 aliphatic carbocycles. The van der Waals surface area contributed by atoms with Crippen LogP contribution in [0.2, 0.25) is 0 Å². The molecule has 0 saturated heterocycles. The van der Waals surface area contributed by atoms with Crippen molar-refractivity contribution in [1.29, 1.82) is 0 Å². The molecule has 0 bridgehead atoms. The van der Waals surface area contributed by atoms with Gasteiger partial charge in [-0.3, -0.25) is 0 Å². The highest BCUT2D eigenvalue weighted by molar-refractivity contribution is 6.09. The molecule has 0 aliphatic heterocycles. The highest BCUT2D eigenvalue weighted by atomic mass is 15.0. The lowest BCUT2D eigenvalue weighted by atomic mass is 9.52. The van der Waals surface area contributed by atoms with E-state index in [0.29, 0.717) is 17.5 Å². The molecule has 12 aromatic rings. The Bertz CT molecular complexity index is 3990. The molecule has 2 heterocycles. The predicted molar refractivity (Wildman–Crippen MR) is 279 cm³/mol. The zero-order valence-electron chi connectivity index (χ0n) is 37.4. The molecule has 0 fully saturated rings. The maximum atomic E-state index is 5.32. The van der Waals surface area contributed by atoms with Gasteiger partial charge in [0, 0.05) is 38.5 Å². The van der Waals surface area contributed by atoms with Gasteiger partial charge >= 0.3 is 0 Å². The van der Waals surface area contributed by atoms with Crippen molar-refractivity contribution >= 4 is 21.8 Å². The van der Waals surface area contributed by atoms with Gasteiger partial charge in [0.1, 0.15) is 0 Å². The molecule has 3 aliphatic rings. The molecular formula is C65H40N4. The molecule has 320 valence electrons. The fourth-order valence-electron chi connectivity index (χ4n) is 12.7. The Balaban J connectivity index is 1.09. The van der Waals surface area contributed by atoms with Crippen molar-refractivity contribution in [2.75, 3.05) is 0 Å². The third-order valence-corrected chi connectivity index (χ3v) is 15.4. The minimum Gasteiger partial charge on any atom is -0.355 e. The first-order valence-corrected chi connectivity index (χ1v) is 23.8. The van der Waals surface area contributed by atoms with Gasteiger partial charge in [0.25, 0.3) is 0 Å². The first-order chi connectivity index (χ1) is 34.2. The third-order valence-electron chi connectivity index (χ3n) is 15.4. The number of hydrogen-bond acceptors (Lipinski definition) is 3. The maximum Gasteiger partial charge on any atom is 0.164 e. The molecule has 1 N–H and O–H groups in total. The minimum atomic E-state index is -0.741. The van der Waals surface area contributed by atoms with Gasteiger partial charge in [-0.25, -0.2) is 15.0 Å². The van der Waals surface area contributed by atoms with Gasteiger partial charge in [-0.15, -0.1) is 0 Å². The lowest BCUT2D eigenvalue weighted by molar-refractivity contribution is 0.635. The summed E-state index contributed by atoms with van der Waals surface area (Å²) >= 11 is 0. The van der Waals surface area contributed by atoms with E-state index < -0.39 is 10.8 Å². The van der Waals surface area contributed by atoms with Gasteiger partial charge in [-0.05, 0) is 96.1 Å². The van der Waals surface area contributed by atoms with Crippen LogP contribution in [0.3, 0.4) is 0 Å². The zero-order valence-corrected chi connectivity index (χ0v) is 37.4. The summed E-state index contributed by atoms with van der Waals surface area (Å²) in [7, 11) is 0. The molecule has 2 spiro atoms. The fraction of sp³-hybridized carbons (Fsp3) is 0.0308. The summed E-state index contributed by atoms with van der Waals surface area (Å²) in [5.41, 5.74) is 21.3. The van der Waals surface area contributed by atoms with Gasteiger partial charge in [0.15, 0.2) is 17.5 Å². The Kier molecular flexibility index (Phi) is 7.88. The Hall–Kier alpha value is -8.99. The van der Waals surface area contributed by atoms with Crippen molar-refractivity contribution in [2.45, 2.75) is 10.8 Å². The van der Waals surface area contributed by atoms with E-state index in [1.165, 1.54) is 77.5 Å². The van der Waals surface area contributed by atoms with Gasteiger partial charge in [-0.2, -0.15) is 0 Å². The average Bonchev–Trinajstić information content (AvgIpc) is 4.05. The monoisotopic (exact) mass is 876 g/mol. The lowest BCUT2D eigenvalue weighted by Crippen LogP contribution is -2.44. The molecule has 0 amide bonds. The normalized spacial score (nSPS) is 15.4. The summed E-state index contributed by atoms with van der Waals surface area (Å²) in [5.74, 6) is 1.90. The number of para-hydroxylation sites is 1. The van der Waals surface area contributed by atoms with E-state index >= 15 is 0 Å². The minimum absolute atomic E-state index is 0.604. The Morgan fingerprint density at radius 2 is 0.681 bits per heavy atom. The number of fused-ring (bicyclic) bond motifs is 19. The summed E-state index contributed by atoms with van der Waals surface area (Å²) in [6, 6.07) is 86.7. The number of nitrogens with one attached hydrogen (secondary N) is 1. The number of benzene rings is 10. The van der Waals surface area contributed by atoms with Crippen molar-refractivity contribution in [3.05, 3.63) is 281 Å². The number of rotatable bonds is 4. The van der Waals surface area contributed by atoms with E-state index in [4.69, 9.17) is 15.0 Å². The van der Waals surface area contributed by atoms with Crippen LogP contribution in [0.1, 0.15) is 44.5 Å². The summed E-state index contributed by atoms with van der Waals surface area (Å²) in [4.78, 5) is 19.6. The van der Waals surface area contributed by atoms with Crippen LogP contribution >= 0.6 is 0 Å². The highest BCUT2D eigenvalue weighted by Crippen LogP contribution is 2.69. The lowest BCUT2D eigenvalue weighted by Gasteiger charge is -2.49. The zero-order chi connectivity index (χ0) is 45.3. The smallest absolute Gasteiger partial charge is 0.164 e. The second-order valence-corrected chi connectivity index (χ2v) is 18.6. The molecule has 4 nitrogen and oxygen atoms in total. The van der Waals surface area contributed by atoms with Crippen molar-refractivity contribution in [2.24, 2.45) is 0 Å². The molecule has 15 rings (SSSR count). The maximum absolute atomic E-state index is 5.32. The Morgan fingerprint density at radius 3 is 1.30 bits per heavy atom. The second-order valence-electron chi connectivity index (χ2n) is 18.6. The predicted octanol–water partition coefficient (Wildman–Crippen LogP) is 15.2. The largest absolute Gasteiger partial charge is 0.355 e. The van der Waals surface area contributed by atoms with Gasteiger partial charge in [0.2, 0.25) is 0 Å². The molecule has 0 radical (unpaired) electrons. The van der Waals surface area contributed by atoms with E-state index in [9.17, 15) is 0 Å². The number of nitrogens with zero attached hydrogens (tertiary/aromatic N) is 3. The first-order valence-electron chi connectivity index (χ1n) is 23.8. The van der Waals surface area contributed by atoms with Crippen LogP contribution in [0.4, 0.5) is 0 Å². The summed E-state index contributed by atoms with van der Waals surface area (Å²) in [6.45, 7) is 0. The number of H-pyrrole nitrogens is 1. The van der Waals surface area contributed by atoms with Crippen molar-refractivity contribution < 1.29 is 0 Å². The quantitative estimate of drug-likeness (QED) is 0.192. The van der Waals surface area contributed by atoms with Crippen LogP contribution in [-0.2, 0) is 10.8 Å². The van der Waals surface area contributed by atoms with Crippen LogP contribution in [0.25, 0.3) is 89.4 Å². The molecule has 10 aromatic carbocycles. The van der Waals surface area contributed by atoms with E-state index in [-0.39, 0.29) is 0 Å². The van der Waals surface area contributed by atoms with Crippen LogP contribution in [-0.4, -0.2) is 19.9 Å². The van der Waals surface area contributed by atoms with Crippen molar-refractivity contribution in [3.63, 3.8) is 0 Å². The van der Waals surface area contributed by atoms with Crippen LogP contribution in [0.15, 0.2) is 237 Å². The fourth-order valence-corrected chi connectivity index (χ4v) is 12.7. The second kappa shape index (κ2) is 14.3. The topological polar surface area (TPSA) is 54.5 Å². The van der Waals surface area contributed by atoms with Crippen LogP contribution < -0.4 is 0 Å². The van der Waals surface area contributed by atoms with Gasteiger partial charge < -0.3 is 4.98 Å². The van der Waals surface area contributed by atoms with E-state index in [0.717, 1.165) is 38.9 Å². The standard InChI is InChI=1S/C65H40N4/c1-3-20-40(21-4-1)61-67-62(41-22-5-2-6-23-41)69-63(68-61)49-29-8-7-24-42(49)47-30-19-31-48-45-27-11-15-34-53(45)65(60(47)48)55-36-17-16-35-54(55)64(51-32-13-9-25-43(51)44-26-10-14-33-52(44)64)57-39-59-50(38-56(57)65)46-28-12-18-37-58(46)66-59/h1-39,66H. The molecule has 1 unspecified atom stereocenters. The van der Waals surface area contributed by atoms with Crippen molar-refractivity contribution in [3.8, 4) is 67.5 Å². The van der Waals surface area contributed by atoms with Gasteiger partial charge in [0.05, 0.1) is 10.8 Å². The average molecular weight is 877 g/mol. The van der Waals surface area contributed by atoms with E-state index in [2.05, 4.69) is 205 Å². The first kappa shape index (κ1) is 38.1. The molecule has 4 heteroatoms. The number of aromatic nitrogens is 4. The number of aromatic amines is 1. The highest BCUT2D eigenvalue weighted by Gasteiger charge is 2.59.